The smallest absolute Gasteiger partial charge is 0.409 e. The Morgan fingerprint density at radius 3 is 2.38 bits per heavy atom. The lowest BCUT2D eigenvalue weighted by atomic mass is 9.86. The number of amides is 1. The summed E-state index contributed by atoms with van der Waals surface area (Å²) in [5.74, 6) is 0.0852. The van der Waals surface area contributed by atoms with Gasteiger partial charge in [0.15, 0.2) is 0 Å². The Balaban J connectivity index is 1.25. The Labute approximate surface area is 190 Å². The van der Waals surface area contributed by atoms with Gasteiger partial charge in [0.25, 0.3) is 0 Å². The molecule has 164 valence electrons. The largest absolute Gasteiger partial charge is 0.448 e. The highest BCUT2D eigenvalue weighted by atomic mass is 16.6. The molecule has 0 saturated carbocycles. The summed E-state index contributed by atoms with van der Waals surface area (Å²) in [4.78, 5) is 14.5. The number of fused-ring (bicyclic) bond motifs is 4. The van der Waals surface area contributed by atoms with Gasteiger partial charge >= 0.3 is 6.09 Å². The van der Waals surface area contributed by atoms with E-state index in [2.05, 4.69) is 72.0 Å². The van der Waals surface area contributed by atoms with Crippen LogP contribution >= 0.6 is 0 Å². The molecule has 1 N–H and O–H groups in total. The molecule has 3 aromatic carbocycles. The van der Waals surface area contributed by atoms with Crippen LogP contribution in [0.25, 0.3) is 11.1 Å². The molecule has 4 nitrogen and oxygen atoms in total. The third kappa shape index (κ3) is 3.80. The minimum absolute atomic E-state index is 0.0852. The van der Waals surface area contributed by atoms with Crippen LogP contribution in [0.5, 0.6) is 0 Å². The van der Waals surface area contributed by atoms with Crippen molar-refractivity contribution in [3.05, 3.63) is 94.5 Å². The standard InChI is InChI=1S/C28H30N2O2/c1-29-27-13-7-8-20-16-19(14-15-21(20)27)17-30(2)28(31)32-18-26-24-11-5-3-9-22(24)23-10-4-6-12-25(23)26/h3-6,9-12,14-16,26-27,29H,7-8,13,17-18H2,1-2H3. The van der Waals surface area contributed by atoms with Crippen molar-refractivity contribution in [2.24, 2.45) is 0 Å². The first-order valence-corrected chi connectivity index (χ1v) is 11.5. The predicted molar refractivity (Wildman–Crippen MR) is 128 cm³/mol. The Morgan fingerprint density at radius 2 is 1.69 bits per heavy atom. The first kappa shape index (κ1) is 20.8. The molecular formula is C28H30N2O2. The average Bonchev–Trinajstić information content (AvgIpc) is 3.15. The van der Waals surface area contributed by atoms with Gasteiger partial charge in [0.1, 0.15) is 6.61 Å². The van der Waals surface area contributed by atoms with E-state index >= 15 is 0 Å². The molecule has 3 aromatic rings. The van der Waals surface area contributed by atoms with Crippen LogP contribution in [0.3, 0.4) is 0 Å². The summed E-state index contributed by atoms with van der Waals surface area (Å²) in [6.45, 7) is 0.902. The van der Waals surface area contributed by atoms with E-state index in [1.807, 2.05) is 14.1 Å². The first-order valence-electron chi connectivity index (χ1n) is 11.5. The number of rotatable bonds is 5. The van der Waals surface area contributed by atoms with Crippen LogP contribution in [-0.2, 0) is 17.7 Å². The number of carbonyl (C=O) groups is 1. The maximum atomic E-state index is 12.8. The second kappa shape index (κ2) is 8.79. The van der Waals surface area contributed by atoms with E-state index in [9.17, 15) is 4.79 Å². The summed E-state index contributed by atoms with van der Waals surface area (Å²) < 4.78 is 5.80. The lowest BCUT2D eigenvalue weighted by Crippen LogP contribution is -2.28. The van der Waals surface area contributed by atoms with Crippen LogP contribution in [0.2, 0.25) is 0 Å². The first-order chi connectivity index (χ1) is 15.7. The van der Waals surface area contributed by atoms with E-state index in [1.165, 1.54) is 46.2 Å². The summed E-state index contributed by atoms with van der Waals surface area (Å²) in [6.07, 6.45) is 3.21. The van der Waals surface area contributed by atoms with Crippen molar-refractivity contribution in [2.75, 3.05) is 20.7 Å². The molecular weight excluding hydrogens is 396 g/mol. The number of hydrogen-bond donors (Lipinski definition) is 1. The summed E-state index contributed by atoms with van der Waals surface area (Å²) in [5, 5.41) is 3.41. The van der Waals surface area contributed by atoms with Gasteiger partial charge in [0.05, 0.1) is 0 Å². The Hall–Kier alpha value is -3.11. The molecule has 0 aromatic heterocycles. The summed E-state index contributed by atoms with van der Waals surface area (Å²) in [6, 6.07) is 23.9. The lowest BCUT2D eigenvalue weighted by Gasteiger charge is -2.26. The van der Waals surface area contributed by atoms with Crippen molar-refractivity contribution in [3.63, 3.8) is 0 Å². The van der Waals surface area contributed by atoms with Gasteiger partial charge in [-0.25, -0.2) is 4.79 Å². The minimum Gasteiger partial charge on any atom is -0.448 e. The third-order valence-corrected chi connectivity index (χ3v) is 6.94. The number of ether oxygens (including phenoxy) is 1. The number of aryl methyl sites for hydroxylation is 1. The molecule has 0 bridgehead atoms. The molecule has 0 aliphatic heterocycles. The molecule has 5 rings (SSSR count). The van der Waals surface area contributed by atoms with Gasteiger partial charge < -0.3 is 15.0 Å². The van der Waals surface area contributed by atoms with Crippen LogP contribution in [0, 0.1) is 0 Å². The van der Waals surface area contributed by atoms with E-state index in [0.29, 0.717) is 19.2 Å². The number of nitrogens with zero attached hydrogens (tertiary/aromatic N) is 1. The van der Waals surface area contributed by atoms with Crippen LogP contribution in [0.15, 0.2) is 66.7 Å². The Bertz CT molecular complexity index is 1090. The van der Waals surface area contributed by atoms with Gasteiger partial charge in [-0.2, -0.15) is 0 Å². The molecule has 0 heterocycles. The van der Waals surface area contributed by atoms with Gasteiger partial charge in [-0.3, -0.25) is 0 Å². The maximum absolute atomic E-state index is 12.8. The number of carbonyl (C=O) groups excluding carboxylic acids is 1. The van der Waals surface area contributed by atoms with E-state index < -0.39 is 0 Å². The summed E-state index contributed by atoms with van der Waals surface area (Å²) >= 11 is 0. The molecule has 4 heteroatoms. The van der Waals surface area contributed by atoms with Gasteiger partial charge in [0.2, 0.25) is 0 Å². The summed E-state index contributed by atoms with van der Waals surface area (Å²) in [5.41, 5.74) is 8.89. The highest BCUT2D eigenvalue weighted by Crippen LogP contribution is 2.44. The molecule has 0 radical (unpaired) electrons. The molecule has 0 fully saturated rings. The fourth-order valence-electron chi connectivity index (χ4n) is 5.31. The average molecular weight is 427 g/mol. The van der Waals surface area contributed by atoms with Crippen molar-refractivity contribution >= 4 is 6.09 Å². The van der Waals surface area contributed by atoms with E-state index in [-0.39, 0.29) is 12.0 Å². The number of nitrogens with one attached hydrogen (secondary N) is 1. The van der Waals surface area contributed by atoms with E-state index in [4.69, 9.17) is 4.74 Å². The molecule has 0 saturated heterocycles. The Morgan fingerprint density at radius 1 is 1.00 bits per heavy atom. The maximum Gasteiger partial charge on any atom is 0.409 e. The highest BCUT2D eigenvalue weighted by molar-refractivity contribution is 5.79. The van der Waals surface area contributed by atoms with Gasteiger partial charge in [-0.1, -0.05) is 66.7 Å². The third-order valence-electron chi connectivity index (χ3n) is 6.94. The fraction of sp³-hybridized carbons (Fsp3) is 0.321. The predicted octanol–water partition coefficient (Wildman–Crippen LogP) is 5.66. The van der Waals surface area contributed by atoms with Gasteiger partial charge in [-0.05, 0) is 65.3 Å². The normalized spacial score (nSPS) is 16.8. The SMILES string of the molecule is CNC1CCCc2cc(CN(C)C(=O)OCC3c4ccccc4-c4ccccc43)ccc21. The zero-order valence-corrected chi connectivity index (χ0v) is 18.8. The highest BCUT2D eigenvalue weighted by Gasteiger charge is 2.29. The molecule has 2 aliphatic rings. The summed E-state index contributed by atoms with van der Waals surface area (Å²) in [7, 11) is 3.84. The molecule has 2 aliphatic carbocycles. The van der Waals surface area contributed by atoms with E-state index in [1.54, 1.807) is 4.90 Å². The molecule has 32 heavy (non-hydrogen) atoms. The second-order valence-corrected chi connectivity index (χ2v) is 8.93. The molecule has 0 spiro atoms. The minimum atomic E-state index is -0.280. The van der Waals surface area contributed by atoms with Crippen molar-refractivity contribution in [1.82, 2.24) is 10.2 Å². The molecule has 1 unspecified atom stereocenters. The van der Waals surface area contributed by atoms with E-state index in [0.717, 1.165) is 12.0 Å². The number of hydrogen-bond acceptors (Lipinski definition) is 3. The Kier molecular flexibility index (Phi) is 5.71. The quantitative estimate of drug-likeness (QED) is 0.572. The van der Waals surface area contributed by atoms with Crippen LogP contribution < -0.4 is 5.32 Å². The number of benzene rings is 3. The fourth-order valence-corrected chi connectivity index (χ4v) is 5.31. The zero-order chi connectivity index (χ0) is 22.1. The van der Waals surface area contributed by atoms with Crippen LogP contribution in [0.4, 0.5) is 4.79 Å². The van der Waals surface area contributed by atoms with Crippen LogP contribution in [0.1, 0.15) is 52.6 Å². The molecule has 1 amide bonds. The van der Waals surface area contributed by atoms with Crippen molar-refractivity contribution in [1.29, 1.82) is 0 Å². The van der Waals surface area contributed by atoms with Crippen molar-refractivity contribution in [3.8, 4) is 11.1 Å². The molecule has 1 atom stereocenters. The second-order valence-electron chi connectivity index (χ2n) is 8.93. The van der Waals surface area contributed by atoms with Crippen LogP contribution in [-0.4, -0.2) is 31.7 Å². The van der Waals surface area contributed by atoms with Gasteiger partial charge in [0, 0.05) is 25.6 Å². The zero-order valence-electron chi connectivity index (χ0n) is 18.8. The van der Waals surface area contributed by atoms with Crippen molar-refractivity contribution in [2.45, 2.75) is 37.8 Å². The topological polar surface area (TPSA) is 41.6 Å². The van der Waals surface area contributed by atoms with Gasteiger partial charge in [-0.15, -0.1) is 0 Å². The lowest BCUT2D eigenvalue weighted by molar-refractivity contribution is 0.106. The monoisotopic (exact) mass is 426 g/mol. The van der Waals surface area contributed by atoms with Crippen molar-refractivity contribution < 1.29 is 9.53 Å².